The van der Waals surface area contributed by atoms with Crippen LogP contribution in [0.2, 0.25) is 0 Å². The number of hydrogen-bond donors (Lipinski definition) is 0. The third-order valence-corrected chi connectivity index (χ3v) is 1.50. The van der Waals surface area contributed by atoms with Crippen molar-refractivity contribution in [2.24, 2.45) is 0 Å². The Labute approximate surface area is 83.8 Å². The third kappa shape index (κ3) is 2.76. The standard InChI is InChI=1S/C2HF5O3S.Tl/c3-1(4,5)2(6,7)11(8,9)10;/h(H,8,9,10);/q;+1/p-1. The fourth-order valence-corrected chi connectivity index (χ4v) is 0.425. The maximum atomic E-state index is 11.4. The number of rotatable bonds is 1. The van der Waals surface area contributed by atoms with Gasteiger partial charge in [0.1, 0.15) is 0 Å². The Morgan fingerprint density at radius 1 is 1.00 bits per heavy atom. The molecule has 0 aromatic carbocycles. The molecule has 0 saturated heterocycles. The van der Waals surface area contributed by atoms with Crippen LogP contribution in [0, 0.1) is 0 Å². The van der Waals surface area contributed by atoms with Crippen molar-refractivity contribution in [1.29, 1.82) is 0 Å². The molecule has 70 valence electrons. The first-order chi connectivity index (χ1) is 4.50. The summed E-state index contributed by atoms with van der Waals surface area (Å²) in [6.07, 6.45) is -6.35. The topological polar surface area (TPSA) is 57.2 Å². The molecule has 0 saturated carbocycles. The molecule has 3 nitrogen and oxygen atoms in total. The maximum absolute atomic E-state index is 11.4. The van der Waals surface area contributed by atoms with Gasteiger partial charge in [0, 0.05) is 0 Å². The van der Waals surface area contributed by atoms with Gasteiger partial charge in [-0.2, -0.15) is 22.0 Å². The van der Waals surface area contributed by atoms with Crippen molar-refractivity contribution in [1.82, 2.24) is 0 Å². The SMILES string of the molecule is O=S(=O)([O-])C(F)(F)C(F)(F)F.[Tl+]. The van der Waals surface area contributed by atoms with Gasteiger partial charge in [0.25, 0.3) is 0 Å². The molecule has 10 heteroatoms. The molecule has 0 spiro atoms. The summed E-state index contributed by atoms with van der Waals surface area (Å²) in [5, 5.41) is -6.21. The second-order valence-corrected chi connectivity index (χ2v) is 2.89. The Bertz CT molecular complexity index is 242. The van der Waals surface area contributed by atoms with Crippen LogP contribution in [0.5, 0.6) is 0 Å². The predicted octanol–water partition coefficient (Wildman–Crippen LogP) is 0.306. The van der Waals surface area contributed by atoms with Crippen molar-refractivity contribution in [3.63, 3.8) is 0 Å². The van der Waals surface area contributed by atoms with E-state index in [1.807, 2.05) is 0 Å². The van der Waals surface area contributed by atoms with Crippen LogP contribution in [-0.2, 0) is 10.1 Å². The molecule has 0 heterocycles. The summed E-state index contributed by atoms with van der Waals surface area (Å²) in [6.45, 7) is 0. The zero-order valence-corrected chi connectivity index (χ0v) is 10.4. The Morgan fingerprint density at radius 2 is 1.25 bits per heavy atom. The van der Waals surface area contributed by atoms with E-state index < -0.39 is 21.5 Å². The summed E-state index contributed by atoms with van der Waals surface area (Å²) in [7, 11) is -6.67. The van der Waals surface area contributed by atoms with Gasteiger partial charge in [-0.3, -0.25) is 0 Å². The predicted molar refractivity (Wildman–Crippen MR) is 26.5 cm³/mol. The zero-order valence-electron chi connectivity index (χ0n) is 5.10. The quantitative estimate of drug-likeness (QED) is 0.360. The van der Waals surface area contributed by atoms with Crippen LogP contribution < -0.4 is 0 Å². The summed E-state index contributed by atoms with van der Waals surface area (Å²) in [6, 6.07) is 0. The first-order valence-electron chi connectivity index (χ1n) is 1.90. The second kappa shape index (κ2) is 3.69. The Balaban J connectivity index is 0. The van der Waals surface area contributed by atoms with Crippen LogP contribution in [0.4, 0.5) is 22.0 Å². The van der Waals surface area contributed by atoms with Gasteiger partial charge in [0.2, 0.25) is 0 Å². The largest absolute Gasteiger partial charge is 1.00 e. The zero-order chi connectivity index (χ0) is 9.50. The van der Waals surface area contributed by atoms with Gasteiger partial charge in [-0.15, -0.1) is 0 Å². The summed E-state index contributed by atoms with van der Waals surface area (Å²) in [4.78, 5) is 0. The van der Waals surface area contributed by atoms with Gasteiger partial charge in [0.05, 0.1) is 0 Å². The smallest absolute Gasteiger partial charge is 0.743 e. The summed E-state index contributed by atoms with van der Waals surface area (Å²) < 4.78 is 83.6. The van der Waals surface area contributed by atoms with Crippen molar-refractivity contribution < 1.29 is 34.9 Å². The van der Waals surface area contributed by atoms with Crippen LogP contribution >= 0.6 is 0 Å². The van der Waals surface area contributed by atoms with Gasteiger partial charge in [-0.05, 0) is 0 Å². The molecule has 0 aromatic rings. The van der Waals surface area contributed by atoms with E-state index in [0.717, 1.165) is 0 Å². The van der Waals surface area contributed by atoms with Crippen molar-refractivity contribution in [2.75, 3.05) is 0 Å². The molecule has 0 rings (SSSR count). The molecule has 0 aliphatic heterocycles. The minimum atomic E-state index is -6.67. The minimum absolute atomic E-state index is 0. The molecular weight excluding hydrogens is 403 g/mol. The molecule has 0 aliphatic carbocycles. The van der Waals surface area contributed by atoms with E-state index in [0.29, 0.717) is 0 Å². The van der Waals surface area contributed by atoms with E-state index >= 15 is 0 Å². The number of hydrogen-bond acceptors (Lipinski definition) is 3. The molecule has 0 aliphatic rings. The first-order valence-corrected chi connectivity index (χ1v) is 3.31. The molecule has 0 aromatic heterocycles. The monoisotopic (exact) mass is 404 g/mol. The van der Waals surface area contributed by atoms with Crippen LogP contribution in [0.15, 0.2) is 0 Å². The van der Waals surface area contributed by atoms with E-state index in [1.54, 1.807) is 0 Å². The molecule has 0 bridgehead atoms. The fourth-order valence-electron chi connectivity index (χ4n) is 0.142. The molecule has 0 amide bonds. The Morgan fingerprint density at radius 3 is 1.25 bits per heavy atom. The fraction of sp³-hybridized carbons (Fsp3) is 1.00. The molecule has 0 fully saturated rings. The average molecular weight is 403 g/mol. The summed E-state index contributed by atoms with van der Waals surface area (Å²) in [5.41, 5.74) is 0. The summed E-state index contributed by atoms with van der Waals surface area (Å²) in [5.74, 6) is 0. The Kier molecular flexibility index (Phi) is 4.61. The molecular formula is C2F5O3STl. The molecule has 12 heavy (non-hydrogen) atoms. The maximum Gasteiger partial charge on any atom is 1.00 e. The molecule has 0 radical (unpaired) electrons. The second-order valence-electron chi connectivity index (χ2n) is 1.47. The molecule has 0 unspecified atom stereocenters. The van der Waals surface area contributed by atoms with Gasteiger partial charge >= 0.3 is 38.7 Å². The third-order valence-electron chi connectivity index (χ3n) is 0.644. The van der Waals surface area contributed by atoms with Crippen LogP contribution in [-0.4, -0.2) is 51.7 Å². The molecule has 0 N–H and O–H groups in total. The normalized spacial score (nSPS) is 13.8. The molecule has 0 atom stereocenters. The van der Waals surface area contributed by atoms with Gasteiger partial charge in [-0.25, -0.2) is 8.42 Å². The van der Waals surface area contributed by atoms with E-state index in [9.17, 15) is 34.9 Å². The Hall–Kier alpha value is 0.482. The number of alkyl halides is 5. The van der Waals surface area contributed by atoms with E-state index in [-0.39, 0.29) is 27.3 Å². The van der Waals surface area contributed by atoms with Crippen LogP contribution in [0.3, 0.4) is 0 Å². The van der Waals surface area contributed by atoms with Crippen molar-refractivity contribution in [3.05, 3.63) is 0 Å². The average Bonchev–Trinajstić information content (AvgIpc) is 1.58. The van der Waals surface area contributed by atoms with Crippen molar-refractivity contribution in [2.45, 2.75) is 11.4 Å². The number of halogens is 5. The van der Waals surface area contributed by atoms with Gasteiger partial charge in [0.15, 0.2) is 10.1 Å². The minimum Gasteiger partial charge on any atom is -0.743 e. The van der Waals surface area contributed by atoms with Crippen molar-refractivity contribution in [3.8, 4) is 0 Å². The summed E-state index contributed by atoms with van der Waals surface area (Å²) >= 11 is 0. The van der Waals surface area contributed by atoms with E-state index in [1.165, 1.54) is 0 Å². The van der Waals surface area contributed by atoms with Crippen molar-refractivity contribution >= 4 is 37.4 Å². The van der Waals surface area contributed by atoms with Gasteiger partial charge in [-0.1, -0.05) is 0 Å². The van der Waals surface area contributed by atoms with Gasteiger partial charge < -0.3 is 4.55 Å². The van der Waals surface area contributed by atoms with Crippen LogP contribution in [0.1, 0.15) is 0 Å². The van der Waals surface area contributed by atoms with E-state index in [2.05, 4.69) is 0 Å². The van der Waals surface area contributed by atoms with Crippen LogP contribution in [0.25, 0.3) is 0 Å². The van der Waals surface area contributed by atoms with E-state index in [4.69, 9.17) is 0 Å². The first kappa shape index (κ1) is 15.0.